The SMILES string of the molecule is c1cnc2sc(CC3CCCNC3)nc2c1. The Balaban J connectivity index is 1.78. The van der Waals surface area contributed by atoms with Gasteiger partial charge < -0.3 is 5.32 Å². The fourth-order valence-corrected chi connectivity index (χ4v) is 3.27. The summed E-state index contributed by atoms with van der Waals surface area (Å²) in [6, 6.07) is 4.00. The molecule has 1 saturated heterocycles. The molecule has 1 aliphatic heterocycles. The second-order valence-corrected chi connectivity index (χ2v) is 5.41. The van der Waals surface area contributed by atoms with Gasteiger partial charge in [0.05, 0.1) is 5.01 Å². The van der Waals surface area contributed by atoms with Crippen molar-refractivity contribution >= 4 is 21.7 Å². The summed E-state index contributed by atoms with van der Waals surface area (Å²) in [5, 5.41) is 4.69. The molecular formula is C12H15N3S. The quantitative estimate of drug-likeness (QED) is 0.864. The molecule has 0 amide bonds. The van der Waals surface area contributed by atoms with Crippen LogP contribution in [0.5, 0.6) is 0 Å². The number of nitrogens with zero attached hydrogens (tertiary/aromatic N) is 2. The number of hydrogen-bond donors (Lipinski definition) is 1. The van der Waals surface area contributed by atoms with E-state index in [4.69, 9.17) is 0 Å². The molecule has 1 atom stereocenters. The van der Waals surface area contributed by atoms with Crippen LogP contribution in [0.1, 0.15) is 17.8 Å². The lowest BCUT2D eigenvalue weighted by atomic mass is 9.97. The second-order valence-electron chi connectivity index (χ2n) is 4.35. The molecule has 2 aromatic heterocycles. The van der Waals surface area contributed by atoms with Crippen molar-refractivity contribution in [3.63, 3.8) is 0 Å². The lowest BCUT2D eigenvalue weighted by Crippen LogP contribution is -2.30. The van der Waals surface area contributed by atoms with Gasteiger partial charge in [0.25, 0.3) is 0 Å². The summed E-state index contributed by atoms with van der Waals surface area (Å²) in [4.78, 5) is 10.0. The number of hydrogen-bond acceptors (Lipinski definition) is 4. The third kappa shape index (κ3) is 2.08. The van der Waals surface area contributed by atoms with Crippen LogP contribution < -0.4 is 5.32 Å². The van der Waals surface area contributed by atoms with Crippen molar-refractivity contribution in [3.05, 3.63) is 23.3 Å². The maximum atomic E-state index is 4.64. The first-order valence-corrected chi connectivity index (χ1v) is 6.64. The molecule has 3 nitrogen and oxygen atoms in total. The zero-order valence-corrected chi connectivity index (χ0v) is 9.96. The fraction of sp³-hybridized carbons (Fsp3) is 0.500. The van der Waals surface area contributed by atoms with Gasteiger partial charge in [0.2, 0.25) is 0 Å². The van der Waals surface area contributed by atoms with Gasteiger partial charge in [0.1, 0.15) is 10.3 Å². The Morgan fingerprint density at radius 2 is 2.50 bits per heavy atom. The number of nitrogens with one attached hydrogen (secondary N) is 1. The van der Waals surface area contributed by atoms with E-state index >= 15 is 0 Å². The summed E-state index contributed by atoms with van der Waals surface area (Å²) in [7, 11) is 0. The Hall–Kier alpha value is -1.00. The molecule has 0 saturated carbocycles. The molecule has 84 valence electrons. The normalized spacial score (nSPS) is 21.4. The Morgan fingerprint density at radius 3 is 3.31 bits per heavy atom. The summed E-state index contributed by atoms with van der Waals surface area (Å²) in [6.45, 7) is 2.32. The van der Waals surface area contributed by atoms with E-state index < -0.39 is 0 Å². The summed E-state index contributed by atoms with van der Waals surface area (Å²) in [5.41, 5.74) is 1.05. The van der Waals surface area contributed by atoms with E-state index in [-0.39, 0.29) is 0 Å². The van der Waals surface area contributed by atoms with Gasteiger partial charge >= 0.3 is 0 Å². The minimum absolute atomic E-state index is 0.759. The largest absolute Gasteiger partial charge is 0.316 e. The number of rotatable bonds is 2. The molecule has 2 aromatic rings. The van der Waals surface area contributed by atoms with Gasteiger partial charge in [0.15, 0.2) is 0 Å². The molecule has 3 heterocycles. The number of thiazole rings is 1. The number of piperidine rings is 1. The molecule has 1 unspecified atom stereocenters. The lowest BCUT2D eigenvalue weighted by molar-refractivity contribution is 0.376. The highest BCUT2D eigenvalue weighted by Gasteiger charge is 2.15. The van der Waals surface area contributed by atoms with Crippen LogP contribution in [-0.4, -0.2) is 23.1 Å². The summed E-state index contributed by atoms with van der Waals surface area (Å²) in [5.74, 6) is 0.759. The van der Waals surface area contributed by atoms with E-state index in [1.54, 1.807) is 11.3 Å². The highest BCUT2D eigenvalue weighted by atomic mass is 32.1. The molecule has 1 fully saturated rings. The third-order valence-corrected chi connectivity index (χ3v) is 4.07. The van der Waals surface area contributed by atoms with Crippen molar-refractivity contribution in [3.8, 4) is 0 Å². The van der Waals surface area contributed by atoms with Gasteiger partial charge in [-0.15, -0.1) is 0 Å². The number of pyridine rings is 1. The summed E-state index contributed by atoms with van der Waals surface area (Å²) in [6.07, 6.45) is 5.57. The first-order valence-electron chi connectivity index (χ1n) is 5.83. The second kappa shape index (κ2) is 4.47. The molecule has 1 N–H and O–H groups in total. The molecule has 3 rings (SSSR count). The Labute approximate surface area is 98.9 Å². The van der Waals surface area contributed by atoms with E-state index in [0.29, 0.717) is 0 Å². The Kier molecular flexibility index (Phi) is 2.84. The van der Waals surface area contributed by atoms with Crippen molar-refractivity contribution in [1.29, 1.82) is 0 Å². The van der Waals surface area contributed by atoms with Crippen LogP contribution in [0.15, 0.2) is 18.3 Å². The van der Waals surface area contributed by atoms with Crippen LogP contribution in [0.3, 0.4) is 0 Å². The number of aromatic nitrogens is 2. The van der Waals surface area contributed by atoms with Gasteiger partial charge in [-0.2, -0.15) is 0 Å². The molecule has 0 bridgehead atoms. The van der Waals surface area contributed by atoms with Crippen LogP contribution in [0.4, 0.5) is 0 Å². The molecule has 0 radical (unpaired) electrons. The maximum absolute atomic E-state index is 4.64. The van der Waals surface area contributed by atoms with Crippen molar-refractivity contribution in [2.24, 2.45) is 5.92 Å². The molecule has 0 spiro atoms. The highest BCUT2D eigenvalue weighted by molar-refractivity contribution is 7.18. The smallest absolute Gasteiger partial charge is 0.143 e. The van der Waals surface area contributed by atoms with Gasteiger partial charge in [-0.25, -0.2) is 9.97 Å². The zero-order chi connectivity index (χ0) is 10.8. The maximum Gasteiger partial charge on any atom is 0.143 e. The van der Waals surface area contributed by atoms with Gasteiger partial charge in [0, 0.05) is 12.6 Å². The standard InChI is InChI=1S/C12H15N3S/c1-3-9(8-13-5-1)7-11-15-10-4-2-6-14-12(10)16-11/h2,4,6,9,13H,1,3,5,7-8H2. The Bertz CT molecular complexity index is 441. The van der Waals surface area contributed by atoms with Crippen LogP contribution in [0, 0.1) is 5.92 Å². The first-order chi connectivity index (χ1) is 7.92. The van der Waals surface area contributed by atoms with Gasteiger partial charge in [-0.1, -0.05) is 11.3 Å². The van der Waals surface area contributed by atoms with Crippen LogP contribution in [-0.2, 0) is 6.42 Å². The average molecular weight is 233 g/mol. The van der Waals surface area contributed by atoms with E-state index in [1.807, 2.05) is 18.3 Å². The van der Waals surface area contributed by atoms with E-state index in [9.17, 15) is 0 Å². The average Bonchev–Trinajstić information content (AvgIpc) is 2.72. The molecule has 0 aromatic carbocycles. The topological polar surface area (TPSA) is 37.8 Å². The first kappa shape index (κ1) is 10.2. The van der Waals surface area contributed by atoms with Crippen LogP contribution >= 0.6 is 11.3 Å². The predicted octanol–water partition coefficient (Wildman–Crippen LogP) is 2.23. The van der Waals surface area contributed by atoms with E-state index in [2.05, 4.69) is 15.3 Å². The lowest BCUT2D eigenvalue weighted by Gasteiger charge is -2.21. The Morgan fingerprint density at radius 1 is 1.50 bits per heavy atom. The number of fused-ring (bicyclic) bond motifs is 1. The highest BCUT2D eigenvalue weighted by Crippen LogP contribution is 2.23. The third-order valence-electron chi connectivity index (χ3n) is 3.07. The van der Waals surface area contributed by atoms with E-state index in [1.165, 1.54) is 24.4 Å². The minimum atomic E-state index is 0.759. The van der Waals surface area contributed by atoms with E-state index in [0.717, 1.165) is 29.2 Å². The summed E-state index contributed by atoms with van der Waals surface area (Å²) < 4.78 is 0. The van der Waals surface area contributed by atoms with Gasteiger partial charge in [-0.3, -0.25) is 0 Å². The molecule has 16 heavy (non-hydrogen) atoms. The molecule has 0 aliphatic carbocycles. The van der Waals surface area contributed by atoms with Gasteiger partial charge in [-0.05, 0) is 44.0 Å². The van der Waals surface area contributed by atoms with Crippen molar-refractivity contribution in [2.75, 3.05) is 13.1 Å². The molecule has 4 heteroatoms. The van der Waals surface area contributed by atoms with Crippen LogP contribution in [0.2, 0.25) is 0 Å². The van der Waals surface area contributed by atoms with Crippen molar-refractivity contribution < 1.29 is 0 Å². The van der Waals surface area contributed by atoms with Crippen LogP contribution in [0.25, 0.3) is 10.3 Å². The molecule has 1 aliphatic rings. The monoisotopic (exact) mass is 233 g/mol. The fourth-order valence-electron chi connectivity index (χ4n) is 2.25. The van der Waals surface area contributed by atoms with Crippen molar-refractivity contribution in [2.45, 2.75) is 19.3 Å². The predicted molar refractivity (Wildman–Crippen MR) is 66.7 cm³/mol. The summed E-state index contributed by atoms with van der Waals surface area (Å²) >= 11 is 1.74. The zero-order valence-electron chi connectivity index (χ0n) is 9.15. The minimum Gasteiger partial charge on any atom is -0.316 e. The van der Waals surface area contributed by atoms with Crippen molar-refractivity contribution in [1.82, 2.24) is 15.3 Å². The molecular weight excluding hydrogens is 218 g/mol.